The number of carbonyl (C=O) groups excluding carboxylic acids is 1. The lowest BCUT2D eigenvalue weighted by Gasteiger charge is -2.57. The highest BCUT2D eigenvalue weighted by atomic mass is 16.1. The van der Waals surface area contributed by atoms with Crippen LogP contribution in [0.25, 0.3) is 0 Å². The fraction of sp³-hybridized carbons (Fsp3) is 0.783. The lowest BCUT2D eigenvalue weighted by molar-refractivity contribution is -0.133. The topological polar surface area (TPSA) is 49.3 Å². The van der Waals surface area contributed by atoms with Crippen LogP contribution in [0, 0.1) is 11.3 Å². The van der Waals surface area contributed by atoms with Crippen LogP contribution in [0.15, 0.2) is 12.4 Å². The molecule has 1 spiro atoms. The number of rotatable bonds is 6. The second-order valence-corrected chi connectivity index (χ2v) is 10.0. The lowest BCUT2D eigenvalue weighted by Crippen LogP contribution is -2.54. The second kappa shape index (κ2) is 7.08. The number of carbonyl (C=O) groups is 1. The minimum absolute atomic E-state index is 0.339. The predicted molar refractivity (Wildman–Crippen MR) is 110 cm³/mol. The van der Waals surface area contributed by atoms with Gasteiger partial charge in [0.1, 0.15) is 5.78 Å². The minimum Gasteiger partial charge on any atom is -0.332 e. The highest BCUT2D eigenvalue weighted by Crippen LogP contribution is 2.64. The molecule has 4 fully saturated rings. The summed E-state index contributed by atoms with van der Waals surface area (Å²) in [6.07, 6.45) is 14.0. The fourth-order valence-electron chi connectivity index (χ4n) is 6.38. The highest BCUT2D eigenvalue weighted by Gasteiger charge is 2.54. The third-order valence-electron chi connectivity index (χ3n) is 8.04. The number of aromatic nitrogens is 2. The van der Waals surface area contributed by atoms with E-state index >= 15 is 0 Å². The monoisotopic (exact) mass is 382 g/mol. The molecule has 1 aromatic heterocycles. The molecule has 2 aliphatic carbocycles. The summed E-state index contributed by atoms with van der Waals surface area (Å²) < 4.78 is 0. The van der Waals surface area contributed by atoms with Crippen LogP contribution in [-0.4, -0.2) is 52.4 Å². The van der Waals surface area contributed by atoms with E-state index in [-0.39, 0.29) is 0 Å². The van der Waals surface area contributed by atoms with E-state index in [0.717, 1.165) is 18.8 Å². The van der Waals surface area contributed by atoms with Gasteiger partial charge in [-0.05, 0) is 75.3 Å². The van der Waals surface area contributed by atoms with Gasteiger partial charge in [0.15, 0.2) is 0 Å². The maximum Gasteiger partial charge on any atom is 0.225 e. The first-order valence-electron chi connectivity index (χ1n) is 11.4. The first-order valence-corrected chi connectivity index (χ1v) is 11.4. The van der Waals surface area contributed by atoms with E-state index in [0.29, 0.717) is 35.1 Å². The Hall–Kier alpha value is -1.49. The maximum atomic E-state index is 11.5. The molecule has 2 unspecified atom stereocenters. The summed E-state index contributed by atoms with van der Waals surface area (Å²) >= 11 is 0. The molecular formula is C23H34N4O. The van der Waals surface area contributed by atoms with E-state index in [9.17, 15) is 4.79 Å². The fourth-order valence-corrected chi connectivity index (χ4v) is 6.38. The molecular weight excluding hydrogens is 348 g/mol. The molecule has 0 aromatic carbocycles. The van der Waals surface area contributed by atoms with Crippen LogP contribution in [0.4, 0.5) is 5.95 Å². The van der Waals surface area contributed by atoms with Crippen molar-refractivity contribution >= 4 is 11.7 Å². The molecule has 1 aromatic rings. The number of likely N-dealkylation sites (tertiary alicyclic amines) is 1. The number of anilines is 1. The Balaban J connectivity index is 1.19. The molecule has 28 heavy (non-hydrogen) atoms. The Morgan fingerprint density at radius 3 is 2.32 bits per heavy atom. The van der Waals surface area contributed by atoms with Crippen molar-refractivity contribution < 1.29 is 4.79 Å². The van der Waals surface area contributed by atoms with Crippen LogP contribution in [0.1, 0.15) is 76.7 Å². The summed E-state index contributed by atoms with van der Waals surface area (Å²) in [7, 11) is 0. The third kappa shape index (κ3) is 3.16. The van der Waals surface area contributed by atoms with E-state index in [1.807, 2.05) is 0 Å². The Morgan fingerprint density at radius 1 is 1.11 bits per heavy atom. The molecule has 0 radical (unpaired) electrons. The minimum atomic E-state index is 0.339. The van der Waals surface area contributed by atoms with Crippen LogP contribution < -0.4 is 4.90 Å². The average molecular weight is 383 g/mol. The summed E-state index contributed by atoms with van der Waals surface area (Å²) in [5.41, 5.74) is 1.77. The standard InChI is InChI=1S/C23H34N4O/c1-3-4-7-26-14-20-5-6-21(15-26)27(20)22-24-12-19(13-25-22)18-10-23(11-18)8-17(9-23)16(2)28/h12-13,17-18,20-21H,3-11,14-15H2,1-2H3. The molecule has 2 saturated carbocycles. The van der Waals surface area contributed by atoms with Crippen molar-refractivity contribution in [2.45, 2.75) is 83.2 Å². The van der Waals surface area contributed by atoms with Gasteiger partial charge in [0.25, 0.3) is 0 Å². The predicted octanol–water partition coefficient (Wildman–Crippen LogP) is 3.79. The third-order valence-corrected chi connectivity index (χ3v) is 8.04. The van der Waals surface area contributed by atoms with Crippen molar-refractivity contribution in [3.05, 3.63) is 18.0 Å². The van der Waals surface area contributed by atoms with Gasteiger partial charge in [0.05, 0.1) is 0 Å². The quantitative estimate of drug-likeness (QED) is 0.749. The van der Waals surface area contributed by atoms with E-state index < -0.39 is 0 Å². The smallest absolute Gasteiger partial charge is 0.225 e. The van der Waals surface area contributed by atoms with Crippen LogP contribution >= 0.6 is 0 Å². The molecule has 5 heteroatoms. The number of unbranched alkanes of at least 4 members (excludes halogenated alkanes) is 1. The maximum absolute atomic E-state index is 11.5. The van der Waals surface area contributed by atoms with Crippen LogP contribution in [0.2, 0.25) is 0 Å². The number of hydrogen-bond donors (Lipinski definition) is 0. The number of hydrogen-bond acceptors (Lipinski definition) is 5. The van der Waals surface area contributed by atoms with Gasteiger partial charge in [-0.1, -0.05) is 13.3 Å². The van der Waals surface area contributed by atoms with Gasteiger partial charge in [-0.3, -0.25) is 9.69 Å². The second-order valence-electron chi connectivity index (χ2n) is 10.0. The zero-order chi connectivity index (χ0) is 19.3. The van der Waals surface area contributed by atoms with Crippen molar-refractivity contribution in [2.24, 2.45) is 11.3 Å². The molecule has 3 heterocycles. The summed E-state index contributed by atoms with van der Waals surface area (Å²) in [6.45, 7) is 7.60. The zero-order valence-electron chi connectivity index (χ0n) is 17.4. The number of nitrogens with zero attached hydrogens (tertiary/aromatic N) is 4. The van der Waals surface area contributed by atoms with Crippen molar-refractivity contribution in [2.75, 3.05) is 24.5 Å². The molecule has 5 nitrogen and oxygen atoms in total. The molecule has 4 aliphatic rings. The van der Waals surface area contributed by atoms with Crippen LogP contribution in [0.3, 0.4) is 0 Å². The molecule has 0 N–H and O–H groups in total. The normalized spacial score (nSPS) is 37.0. The van der Waals surface area contributed by atoms with Gasteiger partial charge >= 0.3 is 0 Å². The number of piperazine rings is 1. The molecule has 5 rings (SSSR count). The molecule has 2 saturated heterocycles. The lowest BCUT2D eigenvalue weighted by atomic mass is 9.47. The molecule has 152 valence electrons. The van der Waals surface area contributed by atoms with Crippen LogP contribution in [-0.2, 0) is 4.79 Å². The number of ketones is 1. The SMILES string of the molecule is CCCCN1CC2CCC(C1)N2c1ncc(C2CC3(CC(C(C)=O)C3)C2)cn1. The highest BCUT2D eigenvalue weighted by molar-refractivity contribution is 5.79. The van der Waals surface area contributed by atoms with Gasteiger partial charge in [0.2, 0.25) is 5.95 Å². The van der Waals surface area contributed by atoms with Crippen molar-refractivity contribution in [3.63, 3.8) is 0 Å². The molecule has 2 aliphatic heterocycles. The summed E-state index contributed by atoms with van der Waals surface area (Å²) in [5, 5.41) is 0. The summed E-state index contributed by atoms with van der Waals surface area (Å²) in [4.78, 5) is 26.3. The first-order chi connectivity index (χ1) is 13.6. The van der Waals surface area contributed by atoms with Crippen LogP contribution in [0.5, 0.6) is 0 Å². The van der Waals surface area contributed by atoms with Crippen molar-refractivity contribution in [1.82, 2.24) is 14.9 Å². The molecule has 0 amide bonds. The van der Waals surface area contributed by atoms with Gasteiger partial charge in [0, 0.05) is 43.5 Å². The van der Waals surface area contributed by atoms with Gasteiger partial charge in [-0.25, -0.2) is 9.97 Å². The van der Waals surface area contributed by atoms with E-state index in [2.05, 4.69) is 29.1 Å². The first kappa shape index (κ1) is 18.5. The Labute approximate surface area is 168 Å². The number of fused-ring (bicyclic) bond motifs is 2. The van der Waals surface area contributed by atoms with Gasteiger partial charge < -0.3 is 4.90 Å². The molecule has 2 bridgehead atoms. The van der Waals surface area contributed by atoms with E-state index in [4.69, 9.17) is 9.97 Å². The largest absolute Gasteiger partial charge is 0.332 e. The van der Waals surface area contributed by atoms with E-state index in [1.165, 1.54) is 63.7 Å². The number of Topliss-reactive ketones (excluding diaryl/α,β-unsaturated/α-hetero) is 1. The van der Waals surface area contributed by atoms with Crippen molar-refractivity contribution in [3.8, 4) is 0 Å². The Bertz CT molecular complexity index is 705. The zero-order valence-corrected chi connectivity index (χ0v) is 17.4. The van der Waals surface area contributed by atoms with Gasteiger partial charge in [-0.15, -0.1) is 0 Å². The van der Waals surface area contributed by atoms with Gasteiger partial charge in [-0.2, -0.15) is 0 Å². The Kier molecular flexibility index (Phi) is 4.69. The van der Waals surface area contributed by atoms with Crippen molar-refractivity contribution in [1.29, 1.82) is 0 Å². The Morgan fingerprint density at radius 2 is 1.75 bits per heavy atom. The summed E-state index contributed by atoms with van der Waals surface area (Å²) in [6, 6.07) is 1.18. The average Bonchev–Trinajstić information content (AvgIpc) is 2.88. The van der Waals surface area contributed by atoms with E-state index in [1.54, 1.807) is 6.92 Å². The molecule has 2 atom stereocenters. The summed E-state index contributed by atoms with van der Waals surface area (Å²) in [5.74, 6) is 2.27.